The fraction of sp³-hybridized carbons (Fsp3) is 0.333. The van der Waals surface area contributed by atoms with Crippen LogP contribution in [-0.2, 0) is 15.0 Å². The Morgan fingerprint density at radius 1 is 1.23 bits per heavy atom. The summed E-state index contributed by atoms with van der Waals surface area (Å²) in [4.78, 5) is 27.9. The average molecular weight is 369 g/mol. The number of nitrogens with zero attached hydrogens (tertiary/aromatic N) is 1. The van der Waals surface area contributed by atoms with Crippen LogP contribution in [0.1, 0.15) is 42.5 Å². The summed E-state index contributed by atoms with van der Waals surface area (Å²) in [6, 6.07) is 13.3. The fourth-order valence-electron chi connectivity index (χ4n) is 4.57. The van der Waals surface area contributed by atoms with Gasteiger partial charge in [0, 0.05) is 23.7 Å². The quantitative estimate of drug-likeness (QED) is 0.862. The molecule has 0 bridgehead atoms. The van der Waals surface area contributed by atoms with Gasteiger partial charge in [-0.15, -0.1) is 0 Å². The summed E-state index contributed by atoms with van der Waals surface area (Å²) in [6.45, 7) is 4.57. The van der Waals surface area contributed by atoms with Crippen molar-refractivity contribution in [3.05, 3.63) is 64.2 Å². The molecule has 0 saturated carbocycles. The van der Waals surface area contributed by atoms with E-state index in [0.717, 1.165) is 22.4 Å². The molecule has 1 saturated heterocycles. The van der Waals surface area contributed by atoms with Crippen LogP contribution in [0.15, 0.2) is 42.5 Å². The lowest BCUT2D eigenvalue weighted by Crippen LogP contribution is -2.54. The van der Waals surface area contributed by atoms with Crippen molar-refractivity contribution in [3.63, 3.8) is 0 Å². The van der Waals surface area contributed by atoms with Gasteiger partial charge in [-0.3, -0.25) is 9.59 Å². The Morgan fingerprint density at radius 2 is 2.00 bits per heavy atom. The van der Waals surface area contributed by atoms with Crippen molar-refractivity contribution in [2.24, 2.45) is 0 Å². The predicted octanol–water partition coefficient (Wildman–Crippen LogP) is 4.22. The molecule has 0 radical (unpaired) electrons. The van der Waals surface area contributed by atoms with Crippen LogP contribution < -0.4 is 5.32 Å². The molecule has 4 nitrogen and oxygen atoms in total. The third-order valence-corrected chi connectivity index (χ3v) is 6.01. The maximum Gasteiger partial charge on any atom is 0.237 e. The summed E-state index contributed by atoms with van der Waals surface area (Å²) in [5.41, 5.74) is 3.02. The van der Waals surface area contributed by atoms with Crippen molar-refractivity contribution < 1.29 is 9.59 Å². The van der Waals surface area contributed by atoms with Gasteiger partial charge >= 0.3 is 0 Å². The molecular weight excluding hydrogens is 348 g/mol. The van der Waals surface area contributed by atoms with Gasteiger partial charge < -0.3 is 10.2 Å². The van der Waals surface area contributed by atoms with Gasteiger partial charge in [0.1, 0.15) is 5.41 Å². The SMILES string of the molecule is CCN1C(=O)CC[C@]2(C(=O)Nc3cc(Cl)ccc32)[C@H]1c1ccccc1C. The highest BCUT2D eigenvalue weighted by Gasteiger charge is 2.57. The first kappa shape index (κ1) is 17.1. The van der Waals surface area contributed by atoms with Gasteiger partial charge in [0.2, 0.25) is 11.8 Å². The van der Waals surface area contributed by atoms with Crippen molar-refractivity contribution in [1.29, 1.82) is 0 Å². The van der Waals surface area contributed by atoms with E-state index < -0.39 is 5.41 Å². The number of hydrogen-bond donors (Lipinski definition) is 1. The molecule has 4 rings (SSSR count). The minimum absolute atomic E-state index is 0.0473. The molecule has 0 aromatic heterocycles. The molecule has 2 heterocycles. The highest BCUT2D eigenvalue weighted by molar-refractivity contribution is 6.31. The van der Waals surface area contributed by atoms with E-state index in [9.17, 15) is 9.59 Å². The molecule has 2 aliphatic heterocycles. The maximum absolute atomic E-state index is 13.3. The molecule has 1 N–H and O–H groups in total. The smallest absolute Gasteiger partial charge is 0.237 e. The van der Waals surface area contributed by atoms with Gasteiger partial charge in [0.15, 0.2) is 0 Å². The van der Waals surface area contributed by atoms with Crippen LogP contribution in [0.4, 0.5) is 5.69 Å². The standard InChI is InChI=1S/C21H21ClN2O2/c1-3-24-18(25)10-11-21(19(24)15-7-5-4-6-13(15)2)16-9-8-14(22)12-17(16)23-20(21)26/h4-9,12,19H,3,10-11H2,1-2H3,(H,23,26)/t19-,21-/m1/s1. The van der Waals surface area contributed by atoms with Crippen molar-refractivity contribution in [2.75, 3.05) is 11.9 Å². The Labute approximate surface area is 158 Å². The van der Waals surface area contributed by atoms with Gasteiger partial charge in [-0.2, -0.15) is 0 Å². The third kappa shape index (κ3) is 2.28. The lowest BCUT2D eigenvalue weighted by atomic mass is 9.66. The number of rotatable bonds is 2. The number of likely N-dealkylation sites (N-methyl/N-ethyl adjacent to an activating group) is 1. The number of fused-ring (bicyclic) bond motifs is 2. The maximum atomic E-state index is 13.3. The van der Waals surface area contributed by atoms with Crippen LogP contribution in [0.25, 0.3) is 0 Å². The highest BCUT2D eigenvalue weighted by atomic mass is 35.5. The van der Waals surface area contributed by atoms with Gasteiger partial charge in [-0.05, 0) is 49.1 Å². The van der Waals surface area contributed by atoms with E-state index in [1.807, 2.05) is 55.1 Å². The number of nitrogens with one attached hydrogen (secondary N) is 1. The number of carbonyl (C=O) groups excluding carboxylic acids is 2. The molecule has 0 aliphatic carbocycles. The second-order valence-electron chi connectivity index (χ2n) is 7.05. The number of amides is 2. The summed E-state index contributed by atoms with van der Waals surface area (Å²) in [6.07, 6.45) is 0.869. The number of carbonyl (C=O) groups is 2. The fourth-order valence-corrected chi connectivity index (χ4v) is 4.74. The molecule has 2 aromatic carbocycles. The van der Waals surface area contributed by atoms with Gasteiger partial charge in [-0.1, -0.05) is 41.9 Å². The minimum Gasteiger partial charge on any atom is -0.334 e. The number of hydrogen-bond acceptors (Lipinski definition) is 2. The Kier molecular flexibility index (Phi) is 4.03. The average Bonchev–Trinajstić information content (AvgIpc) is 2.89. The molecular formula is C21H21ClN2O2. The van der Waals surface area contributed by atoms with Crippen molar-refractivity contribution in [3.8, 4) is 0 Å². The summed E-state index contributed by atoms with van der Waals surface area (Å²) in [7, 11) is 0. The predicted molar refractivity (Wildman–Crippen MR) is 102 cm³/mol. The molecule has 26 heavy (non-hydrogen) atoms. The first-order chi connectivity index (χ1) is 12.5. The molecule has 1 spiro atoms. The Hall–Kier alpha value is -2.33. The van der Waals surface area contributed by atoms with E-state index in [1.54, 1.807) is 6.07 Å². The van der Waals surface area contributed by atoms with Gasteiger partial charge in [0.25, 0.3) is 0 Å². The number of likely N-dealkylation sites (tertiary alicyclic amines) is 1. The van der Waals surface area contributed by atoms with Crippen molar-refractivity contribution in [1.82, 2.24) is 4.90 Å². The topological polar surface area (TPSA) is 49.4 Å². The molecule has 2 amide bonds. The zero-order valence-corrected chi connectivity index (χ0v) is 15.6. The minimum atomic E-state index is -0.782. The first-order valence-electron chi connectivity index (χ1n) is 8.95. The first-order valence-corrected chi connectivity index (χ1v) is 9.33. The molecule has 0 unspecified atom stereocenters. The van der Waals surface area contributed by atoms with Crippen LogP contribution in [0, 0.1) is 6.92 Å². The van der Waals surface area contributed by atoms with Gasteiger partial charge in [0.05, 0.1) is 6.04 Å². The Bertz CT molecular complexity index is 911. The monoisotopic (exact) mass is 368 g/mol. The van der Waals surface area contributed by atoms with Crippen LogP contribution in [0.5, 0.6) is 0 Å². The van der Waals surface area contributed by atoms with Crippen molar-refractivity contribution in [2.45, 2.75) is 38.1 Å². The van der Waals surface area contributed by atoms with E-state index in [1.165, 1.54) is 0 Å². The number of halogens is 1. The van der Waals surface area contributed by atoms with Crippen LogP contribution in [0.2, 0.25) is 5.02 Å². The van der Waals surface area contributed by atoms with Gasteiger partial charge in [-0.25, -0.2) is 0 Å². The van der Waals surface area contributed by atoms with E-state index in [4.69, 9.17) is 11.6 Å². The molecule has 1 fully saturated rings. The van der Waals surface area contributed by atoms with E-state index >= 15 is 0 Å². The molecule has 5 heteroatoms. The van der Waals surface area contributed by atoms with E-state index in [0.29, 0.717) is 24.4 Å². The summed E-state index contributed by atoms with van der Waals surface area (Å²) >= 11 is 6.14. The highest BCUT2D eigenvalue weighted by Crippen LogP contribution is 2.54. The molecule has 2 atom stereocenters. The second-order valence-corrected chi connectivity index (χ2v) is 7.49. The second kappa shape index (κ2) is 6.13. The van der Waals surface area contributed by atoms with Crippen LogP contribution >= 0.6 is 11.6 Å². The zero-order chi connectivity index (χ0) is 18.5. The number of aryl methyl sites for hydroxylation is 1. The largest absolute Gasteiger partial charge is 0.334 e. The van der Waals surface area contributed by atoms with Crippen LogP contribution in [-0.4, -0.2) is 23.3 Å². The zero-order valence-electron chi connectivity index (χ0n) is 14.9. The van der Waals surface area contributed by atoms with E-state index in [2.05, 4.69) is 5.32 Å². The number of benzene rings is 2. The number of anilines is 1. The lowest BCUT2D eigenvalue weighted by molar-refractivity contribution is -0.143. The third-order valence-electron chi connectivity index (χ3n) is 5.77. The normalized spacial score (nSPS) is 24.7. The molecule has 2 aliphatic rings. The summed E-state index contributed by atoms with van der Waals surface area (Å²) in [5.74, 6) is 0.0514. The lowest BCUT2D eigenvalue weighted by Gasteiger charge is -2.47. The number of piperidine rings is 1. The molecule has 2 aromatic rings. The Balaban J connectivity index is 1.98. The molecule has 134 valence electrons. The Morgan fingerprint density at radius 3 is 2.73 bits per heavy atom. The summed E-state index contributed by atoms with van der Waals surface area (Å²) in [5, 5.41) is 3.61. The summed E-state index contributed by atoms with van der Waals surface area (Å²) < 4.78 is 0. The van der Waals surface area contributed by atoms with Crippen LogP contribution in [0.3, 0.4) is 0 Å². The van der Waals surface area contributed by atoms with E-state index in [-0.39, 0.29) is 17.9 Å². The van der Waals surface area contributed by atoms with Crippen molar-refractivity contribution >= 4 is 29.1 Å².